The van der Waals surface area contributed by atoms with Gasteiger partial charge in [0.15, 0.2) is 11.5 Å². The molecule has 0 aliphatic rings. The molecule has 29 heavy (non-hydrogen) atoms. The molecule has 0 fully saturated rings. The first-order chi connectivity index (χ1) is 13.9. The van der Waals surface area contributed by atoms with Crippen molar-refractivity contribution >= 4 is 15.9 Å². The highest BCUT2D eigenvalue weighted by atomic mass is 79.9. The second kappa shape index (κ2) is 8.92. The van der Waals surface area contributed by atoms with Crippen LogP contribution in [-0.2, 0) is 12.7 Å². The highest BCUT2D eigenvalue weighted by Crippen LogP contribution is 2.39. The minimum atomic E-state index is -4.69. The van der Waals surface area contributed by atoms with E-state index in [9.17, 15) is 18.1 Å². The number of nitrogens with zero attached hydrogens (tertiary/aromatic N) is 2. The zero-order chi connectivity index (χ0) is 20.9. The van der Waals surface area contributed by atoms with Crippen molar-refractivity contribution in [2.45, 2.75) is 12.7 Å². The van der Waals surface area contributed by atoms with Gasteiger partial charge in [0, 0.05) is 15.6 Å². The van der Waals surface area contributed by atoms with Crippen LogP contribution in [0.15, 0.2) is 62.7 Å². The van der Waals surface area contributed by atoms with Gasteiger partial charge in [-0.15, -0.1) is 0 Å². The molecule has 1 heterocycles. The fraction of sp³-hybridized carbons (Fsp3) is 0.150. The number of ether oxygens (including phenoxy) is 1. The van der Waals surface area contributed by atoms with Crippen molar-refractivity contribution in [1.29, 1.82) is 0 Å². The zero-order valence-corrected chi connectivity index (χ0v) is 16.3. The van der Waals surface area contributed by atoms with E-state index in [1.807, 2.05) is 0 Å². The van der Waals surface area contributed by atoms with Gasteiger partial charge in [0.25, 0.3) is 0 Å². The smallest absolute Gasteiger partial charge is 0.422 e. The summed E-state index contributed by atoms with van der Waals surface area (Å²) in [6.07, 6.45) is -4.69. The van der Waals surface area contributed by atoms with E-state index in [-0.39, 0.29) is 18.7 Å². The van der Waals surface area contributed by atoms with Gasteiger partial charge in [0.1, 0.15) is 24.5 Å². The lowest BCUT2D eigenvalue weighted by atomic mass is 10.1. The van der Waals surface area contributed by atoms with Crippen LogP contribution in [0.4, 0.5) is 13.2 Å². The minimum Gasteiger partial charge on any atom is -0.481 e. The molecule has 0 bridgehead atoms. The van der Waals surface area contributed by atoms with Crippen LogP contribution in [0.25, 0.3) is 11.3 Å². The largest absolute Gasteiger partial charge is 0.481 e. The number of aromatic nitrogens is 1. The summed E-state index contributed by atoms with van der Waals surface area (Å²) in [6, 6.07) is 12.9. The summed E-state index contributed by atoms with van der Waals surface area (Å²) >= 11 is 3.28. The summed E-state index contributed by atoms with van der Waals surface area (Å²) in [5.74, 6) is 4.81. The molecule has 0 aliphatic heterocycles. The monoisotopic (exact) mass is 464 g/mol. The van der Waals surface area contributed by atoms with Crippen LogP contribution in [0.3, 0.4) is 0 Å². The quantitative estimate of drug-likeness (QED) is 0.352. The maximum atomic E-state index is 13.5. The third kappa shape index (κ3) is 5.03. The van der Waals surface area contributed by atoms with E-state index >= 15 is 0 Å². The summed E-state index contributed by atoms with van der Waals surface area (Å²) in [7, 11) is 0. The lowest BCUT2D eigenvalue weighted by Crippen LogP contribution is -2.08. The Balaban J connectivity index is 1.84. The topological polar surface area (TPSA) is 64.7 Å². The lowest BCUT2D eigenvalue weighted by molar-refractivity contribution is -0.137. The molecule has 3 rings (SSSR count). The van der Waals surface area contributed by atoms with E-state index in [0.29, 0.717) is 15.8 Å². The predicted molar refractivity (Wildman–Crippen MR) is 103 cm³/mol. The van der Waals surface area contributed by atoms with E-state index in [0.717, 1.165) is 0 Å². The summed E-state index contributed by atoms with van der Waals surface area (Å²) in [6.45, 7) is -0.314. The van der Waals surface area contributed by atoms with Crippen LogP contribution in [0.2, 0.25) is 0 Å². The van der Waals surface area contributed by atoms with Crippen molar-refractivity contribution in [1.82, 2.24) is 5.16 Å². The summed E-state index contributed by atoms with van der Waals surface area (Å²) < 4.78 is 51.7. The number of hydrogen-bond donors (Lipinski definition) is 0. The molecule has 0 aliphatic carbocycles. The van der Waals surface area contributed by atoms with E-state index < -0.39 is 23.2 Å². The number of alkyl halides is 3. The predicted octanol–water partition coefficient (Wildman–Crippen LogP) is 5.82. The van der Waals surface area contributed by atoms with Gasteiger partial charge < -0.3 is 9.26 Å². The van der Waals surface area contributed by atoms with Crippen molar-refractivity contribution < 1.29 is 22.4 Å². The van der Waals surface area contributed by atoms with E-state index in [2.05, 4.69) is 38.1 Å². The lowest BCUT2D eigenvalue weighted by Gasteiger charge is -2.07. The second-order valence-corrected chi connectivity index (χ2v) is 6.64. The average Bonchev–Trinajstić information content (AvgIpc) is 3.12. The SMILES string of the molecule is O=NCc1ccc(Br)cc1OCC#Cc1noc(-c2ccccc2)c1C(F)(F)F. The molecular weight excluding hydrogens is 453 g/mol. The zero-order valence-electron chi connectivity index (χ0n) is 14.7. The Morgan fingerprint density at radius 2 is 1.93 bits per heavy atom. The number of benzene rings is 2. The van der Waals surface area contributed by atoms with Crippen LogP contribution in [0.1, 0.15) is 16.8 Å². The number of halogens is 4. The Morgan fingerprint density at radius 3 is 2.62 bits per heavy atom. The van der Waals surface area contributed by atoms with Crippen LogP contribution < -0.4 is 4.74 Å². The molecule has 0 amide bonds. The van der Waals surface area contributed by atoms with Gasteiger partial charge in [0.2, 0.25) is 0 Å². The first-order valence-electron chi connectivity index (χ1n) is 8.21. The molecule has 148 valence electrons. The van der Waals surface area contributed by atoms with Crippen LogP contribution in [0.5, 0.6) is 5.75 Å². The van der Waals surface area contributed by atoms with Crippen molar-refractivity contribution in [2.24, 2.45) is 5.18 Å². The molecule has 1 aromatic heterocycles. The van der Waals surface area contributed by atoms with Gasteiger partial charge in [-0.25, -0.2) is 0 Å². The average molecular weight is 465 g/mol. The van der Waals surface area contributed by atoms with Crippen molar-refractivity contribution in [3.8, 4) is 28.9 Å². The van der Waals surface area contributed by atoms with Crippen molar-refractivity contribution in [3.05, 3.63) is 74.7 Å². The standard InChI is InChI=1S/C20H12BrF3N2O3/c21-15-9-8-14(12-25-27)17(11-15)28-10-4-7-16-18(20(22,23)24)19(29-26-16)13-5-2-1-3-6-13/h1-3,5-6,8-9,11H,10,12H2. The Hall–Kier alpha value is -3.12. The molecule has 0 atom stereocenters. The Labute approximate surface area is 172 Å². The third-order valence-corrected chi connectivity index (χ3v) is 4.28. The van der Waals surface area contributed by atoms with E-state index in [1.165, 1.54) is 12.1 Å². The molecule has 0 spiro atoms. The minimum absolute atomic E-state index is 0.0992. The highest BCUT2D eigenvalue weighted by molar-refractivity contribution is 9.10. The Morgan fingerprint density at radius 1 is 1.17 bits per heavy atom. The first kappa shape index (κ1) is 20.6. The Bertz CT molecular complexity index is 1070. The summed E-state index contributed by atoms with van der Waals surface area (Å²) in [5, 5.41) is 6.29. The van der Waals surface area contributed by atoms with Gasteiger partial charge in [0.05, 0.1) is 0 Å². The Kier molecular flexibility index (Phi) is 6.34. The van der Waals surface area contributed by atoms with Gasteiger partial charge in [-0.1, -0.05) is 68.6 Å². The fourth-order valence-electron chi connectivity index (χ4n) is 2.52. The second-order valence-electron chi connectivity index (χ2n) is 5.73. The molecule has 0 radical (unpaired) electrons. The van der Waals surface area contributed by atoms with E-state index in [4.69, 9.17) is 9.26 Å². The maximum Gasteiger partial charge on any atom is 0.422 e. The molecule has 2 aromatic carbocycles. The fourth-order valence-corrected chi connectivity index (χ4v) is 2.86. The molecule has 0 N–H and O–H groups in total. The number of rotatable bonds is 5. The van der Waals surface area contributed by atoms with Gasteiger partial charge >= 0.3 is 6.18 Å². The normalized spacial score (nSPS) is 10.9. The molecule has 0 saturated heterocycles. The summed E-state index contributed by atoms with van der Waals surface area (Å²) in [4.78, 5) is 10.5. The van der Waals surface area contributed by atoms with Crippen LogP contribution >= 0.6 is 15.9 Å². The molecule has 5 nitrogen and oxygen atoms in total. The van der Waals surface area contributed by atoms with Crippen molar-refractivity contribution in [3.63, 3.8) is 0 Å². The molecule has 0 unspecified atom stereocenters. The number of nitroso groups, excluding NO2 is 1. The van der Waals surface area contributed by atoms with Crippen molar-refractivity contribution in [2.75, 3.05) is 6.61 Å². The van der Waals surface area contributed by atoms with Gasteiger partial charge in [-0.3, -0.25) is 0 Å². The van der Waals surface area contributed by atoms with Crippen LogP contribution in [0, 0.1) is 16.7 Å². The number of hydrogen-bond acceptors (Lipinski definition) is 5. The summed E-state index contributed by atoms with van der Waals surface area (Å²) in [5.41, 5.74) is -0.779. The highest BCUT2D eigenvalue weighted by Gasteiger charge is 2.40. The molecule has 0 saturated carbocycles. The molecule has 9 heteroatoms. The molecular formula is C20H12BrF3N2O3. The maximum absolute atomic E-state index is 13.5. The molecule has 3 aromatic rings. The first-order valence-corrected chi connectivity index (χ1v) is 9.01. The third-order valence-electron chi connectivity index (χ3n) is 3.78. The van der Waals surface area contributed by atoms with E-state index in [1.54, 1.807) is 36.4 Å². The van der Waals surface area contributed by atoms with Gasteiger partial charge in [-0.2, -0.15) is 18.1 Å². The van der Waals surface area contributed by atoms with Gasteiger partial charge in [-0.05, 0) is 18.1 Å². The van der Waals surface area contributed by atoms with Crippen LogP contribution in [-0.4, -0.2) is 11.8 Å².